The minimum absolute atomic E-state index is 0.123. The maximum absolute atomic E-state index is 11.8. The summed E-state index contributed by atoms with van der Waals surface area (Å²) in [5.41, 5.74) is 2.65. The molecule has 1 heterocycles. The molecule has 0 bridgehead atoms. The standard InChI is InChI=1S/C21H25ClN2O3S/c1-3-23(4-2)17-9-8-15(19(25)11-17)12-24-18(21(26)27)13-28-20(24)14-6-5-7-16(22)10-14/h5-11,18,20,25H,3-4,12-13H2,1-2H3,(H,26,27). The van der Waals surface area contributed by atoms with Gasteiger partial charge in [0.15, 0.2) is 0 Å². The molecule has 1 aliphatic rings. The quantitative estimate of drug-likeness (QED) is 0.682. The molecule has 0 amide bonds. The molecule has 2 unspecified atom stereocenters. The maximum atomic E-state index is 11.8. The highest BCUT2D eigenvalue weighted by molar-refractivity contribution is 7.99. The summed E-state index contributed by atoms with van der Waals surface area (Å²) in [6.07, 6.45) is 0. The molecule has 28 heavy (non-hydrogen) atoms. The number of aliphatic carboxylic acids is 1. The van der Waals surface area contributed by atoms with E-state index in [9.17, 15) is 15.0 Å². The first-order valence-electron chi connectivity index (χ1n) is 9.37. The molecule has 2 aromatic carbocycles. The van der Waals surface area contributed by atoms with Gasteiger partial charge in [0, 0.05) is 47.7 Å². The van der Waals surface area contributed by atoms with Crippen LogP contribution in [0.4, 0.5) is 5.69 Å². The number of phenols is 1. The van der Waals surface area contributed by atoms with E-state index >= 15 is 0 Å². The predicted octanol–water partition coefficient (Wildman–Crippen LogP) is 4.59. The number of phenolic OH excluding ortho intramolecular Hbond substituents is 1. The molecule has 2 N–H and O–H groups in total. The summed E-state index contributed by atoms with van der Waals surface area (Å²) < 4.78 is 0. The van der Waals surface area contributed by atoms with E-state index in [2.05, 4.69) is 18.7 Å². The predicted molar refractivity (Wildman–Crippen MR) is 115 cm³/mol. The Balaban J connectivity index is 1.89. The number of anilines is 1. The summed E-state index contributed by atoms with van der Waals surface area (Å²) in [6.45, 7) is 6.21. The highest BCUT2D eigenvalue weighted by Gasteiger charge is 2.39. The molecule has 150 valence electrons. The average molecular weight is 421 g/mol. The van der Waals surface area contributed by atoms with E-state index in [0.717, 1.165) is 29.9 Å². The fraction of sp³-hybridized carbons (Fsp3) is 0.381. The summed E-state index contributed by atoms with van der Waals surface area (Å²) in [5, 5.41) is 20.8. The van der Waals surface area contributed by atoms with Crippen molar-refractivity contribution in [3.8, 4) is 5.75 Å². The van der Waals surface area contributed by atoms with Crippen molar-refractivity contribution in [2.45, 2.75) is 31.8 Å². The van der Waals surface area contributed by atoms with Crippen molar-refractivity contribution in [3.05, 3.63) is 58.6 Å². The minimum Gasteiger partial charge on any atom is -0.508 e. The minimum atomic E-state index is -0.851. The molecule has 2 aromatic rings. The van der Waals surface area contributed by atoms with Crippen LogP contribution in [0, 0.1) is 0 Å². The lowest BCUT2D eigenvalue weighted by atomic mass is 10.1. The van der Waals surface area contributed by atoms with E-state index in [1.54, 1.807) is 17.8 Å². The van der Waals surface area contributed by atoms with Crippen LogP contribution in [0.3, 0.4) is 0 Å². The SMILES string of the molecule is CCN(CC)c1ccc(CN2C(C(=O)O)CSC2c2cccc(Cl)c2)c(O)c1. The average Bonchev–Trinajstić information content (AvgIpc) is 3.09. The van der Waals surface area contributed by atoms with Gasteiger partial charge in [0.2, 0.25) is 0 Å². The molecule has 1 fully saturated rings. The Morgan fingerprint density at radius 3 is 2.61 bits per heavy atom. The van der Waals surface area contributed by atoms with Gasteiger partial charge in [-0.3, -0.25) is 9.69 Å². The van der Waals surface area contributed by atoms with E-state index in [0.29, 0.717) is 17.3 Å². The van der Waals surface area contributed by atoms with Gasteiger partial charge in [-0.1, -0.05) is 29.8 Å². The van der Waals surface area contributed by atoms with Crippen LogP contribution in [0.5, 0.6) is 5.75 Å². The number of hydrogen-bond donors (Lipinski definition) is 2. The van der Waals surface area contributed by atoms with E-state index in [1.807, 2.05) is 41.3 Å². The Labute approximate surface area is 174 Å². The number of benzene rings is 2. The molecule has 7 heteroatoms. The van der Waals surface area contributed by atoms with Gasteiger partial charge < -0.3 is 15.1 Å². The third kappa shape index (κ3) is 4.40. The van der Waals surface area contributed by atoms with Crippen molar-refractivity contribution in [2.75, 3.05) is 23.7 Å². The molecule has 2 atom stereocenters. The van der Waals surface area contributed by atoms with Gasteiger partial charge in [-0.25, -0.2) is 0 Å². The second kappa shape index (κ2) is 9.07. The van der Waals surface area contributed by atoms with E-state index < -0.39 is 12.0 Å². The van der Waals surface area contributed by atoms with Crippen molar-refractivity contribution in [1.82, 2.24) is 4.90 Å². The lowest BCUT2D eigenvalue weighted by Crippen LogP contribution is -2.38. The molecular weight excluding hydrogens is 396 g/mol. The highest BCUT2D eigenvalue weighted by atomic mass is 35.5. The lowest BCUT2D eigenvalue weighted by Gasteiger charge is -2.28. The summed E-state index contributed by atoms with van der Waals surface area (Å²) in [6, 6.07) is 12.5. The monoisotopic (exact) mass is 420 g/mol. The third-order valence-electron chi connectivity index (χ3n) is 5.08. The Hall–Kier alpha value is -1.89. The van der Waals surface area contributed by atoms with Gasteiger partial charge in [0.25, 0.3) is 0 Å². The van der Waals surface area contributed by atoms with Gasteiger partial charge in [0.05, 0.1) is 5.37 Å². The van der Waals surface area contributed by atoms with Crippen LogP contribution >= 0.6 is 23.4 Å². The second-order valence-electron chi connectivity index (χ2n) is 6.75. The molecule has 0 spiro atoms. The van der Waals surface area contributed by atoms with Crippen LogP contribution in [-0.2, 0) is 11.3 Å². The number of thioether (sulfide) groups is 1. The Kier molecular flexibility index (Phi) is 6.75. The van der Waals surface area contributed by atoms with Crippen LogP contribution in [0.2, 0.25) is 5.02 Å². The van der Waals surface area contributed by atoms with Crippen LogP contribution in [0.25, 0.3) is 0 Å². The van der Waals surface area contributed by atoms with Gasteiger partial charge in [-0.15, -0.1) is 11.8 Å². The zero-order chi connectivity index (χ0) is 20.3. The number of aromatic hydroxyl groups is 1. The van der Waals surface area contributed by atoms with Crippen molar-refractivity contribution in [3.63, 3.8) is 0 Å². The fourth-order valence-corrected chi connectivity index (χ4v) is 5.21. The number of nitrogens with zero attached hydrogens (tertiary/aromatic N) is 2. The molecule has 1 saturated heterocycles. The van der Waals surface area contributed by atoms with Crippen LogP contribution in [0.15, 0.2) is 42.5 Å². The summed E-state index contributed by atoms with van der Waals surface area (Å²) in [4.78, 5) is 15.9. The smallest absolute Gasteiger partial charge is 0.321 e. The summed E-state index contributed by atoms with van der Waals surface area (Å²) in [7, 11) is 0. The first-order chi connectivity index (χ1) is 13.4. The zero-order valence-corrected chi connectivity index (χ0v) is 17.6. The summed E-state index contributed by atoms with van der Waals surface area (Å²) in [5.74, 6) is -0.170. The van der Waals surface area contributed by atoms with E-state index in [4.69, 9.17) is 11.6 Å². The Morgan fingerprint density at radius 1 is 1.25 bits per heavy atom. The van der Waals surface area contributed by atoms with E-state index in [1.165, 1.54) is 0 Å². The zero-order valence-electron chi connectivity index (χ0n) is 16.0. The first kappa shape index (κ1) is 20.8. The molecule has 5 nitrogen and oxygen atoms in total. The van der Waals surface area contributed by atoms with Crippen LogP contribution in [-0.4, -0.2) is 46.0 Å². The first-order valence-corrected chi connectivity index (χ1v) is 10.8. The molecule has 3 rings (SSSR count). The van der Waals surface area contributed by atoms with Crippen LogP contribution < -0.4 is 4.90 Å². The van der Waals surface area contributed by atoms with Gasteiger partial charge in [-0.05, 0) is 37.6 Å². The molecule has 0 saturated carbocycles. The molecule has 1 aliphatic heterocycles. The Bertz CT molecular complexity index is 844. The normalized spacial score (nSPS) is 19.7. The van der Waals surface area contributed by atoms with Crippen LogP contribution in [0.1, 0.15) is 30.3 Å². The Morgan fingerprint density at radius 2 is 2.00 bits per heavy atom. The number of hydrogen-bond acceptors (Lipinski definition) is 5. The number of carboxylic acids is 1. The van der Waals surface area contributed by atoms with Crippen molar-refractivity contribution >= 4 is 35.0 Å². The maximum Gasteiger partial charge on any atom is 0.321 e. The van der Waals surface area contributed by atoms with Crippen molar-refractivity contribution in [1.29, 1.82) is 0 Å². The number of carboxylic acid groups (broad SMARTS) is 1. The van der Waals surface area contributed by atoms with E-state index in [-0.39, 0.29) is 11.1 Å². The van der Waals surface area contributed by atoms with Gasteiger partial charge >= 0.3 is 5.97 Å². The fourth-order valence-electron chi connectivity index (χ4n) is 3.56. The van der Waals surface area contributed by atoms with Gasteiger partial charge in [0.1, 0.15) is 11.8 Å². The molecule has 0 aromatic heterocycles. The number of carbonyl (C=O) groups is 1. The topological polar surface area (TPSA) is 64.0 Å². The largest absolute Gasteiger partial charge is 0.508 e. The molecule has 0 aliphatic carbocycles. The third-order valence-corrected chi connectivity index (χ3v) is 6.68. The van der Waals surface area contributed by atoms with Crippen molar-refractivity contribution < 1.29 is 15.0 Å². The molecular formula is C21H25ClN2O3S. The van der Waals surface area contributed by atoms with Crippen molar-refractivity contribution in [2.24, 2.45) is 0 Å². The second-order valence-corrected chi connectivity index (χ2v) is 8.30. The van der Waals surface area contributed by atoms with Gasteiger partial charge in [-0.2, -0.15) is 0 Å². The number of rotatable bonds is 7. The summed E-state index contributed by atoms with van der Waals surface area (Å²) >= 11 is 7.73. The lowest BCUT2D eigenvalue weighted by molar-refractivity contribution is -0.142. The number of halogens is 1. The molecule has 0 radical (unpaired) electrons. The highest BCUT2D eigenvalue weighted by Crippen LogP contribution is 2.43.